The molecule has 16 heavy (non-hydrogen) atoms. The predicted molar refractivity (Wildman–Crippen MR) is 57.9 cm³/mol. The van der Waals surface area contributed by atoms with Gasteiger partial charge < -0.3 is 9.64 Å². The van der Waals surface area contributed by atoms with E-state index in [-0.39, 0.29) is 11.9 Å². The van der Waals surface area contributed by atoms with Crippen molar-refractivity contribution >= 4 is 11.9 Å². The fraction of sp³-hybridized carbons (Fsp3) is 0.333. The lowest BCUT2D eigenvalue weighted by Gasteiger charge is -2.38. The van der Waals surface area contributed by atoms with Gasteiger partial charge in [-0.25, -0.2) is 4.79 Å². The minimum absolute atomic E-state index is 0.109. The van der Waals surface area contributed by atoms with Crippen LogP contribution in [0.1, 0.15) is 16.8 Å². The molecular formula is C12H13NO3. The van der Waals surface area contributed by atoms with Crippen LogP contribution in [0.4, 0.5) is 0 Å². The summed E-state index contributed by atoms with van der Waals surface area (Å²) in [6.07, 6.45) is 0.686. The maximum atomic E-state index is 12.0. The second kappa shape index (κ2) is 4.35. The monoisotopic (exact) mass is 219 g/mol. The first kappa shape index (κ1) is 10.7. The molecule has 0 aliphatic carbocycles. The summed E-state index contributed by atoms with van der Waals surface area (Å²) in [5, 5.41) is 0. The first-order chi connectivity index (χ1) is 7.74. The number of benzene rings is 1. The van der Waals surface area contributed by atoms with Crippen molar-refractivity contribution in [1.82, 2.24) is 4.90 Å². The fourth-order valence-electron chi connectivity index (χ4n) is 1.76. The molecule has 4 nitrogen and oxygen atoms in total. The smallest absolute Gasteiger partial charge is 0.328 e. The van der Waals surface area contributed by atoms with Crippen molar-refractivity contribution in [1.29, 1.82) is 0 Å². The number of nitrogens with zero attached hydrogens (tertiary/aromatic N) is 1. The minimum atomic E-state index is -0.405. The summed E-state index contributed by atoms with van der Waals surface area (Å²) in [6.45, 7) is 0.619. The molecule has 1 saturated heterocycles. The first-order valence-corrected chi connectivity index (χ1v) is 5.18. The number of esters is 1. The van der Waals surface area contributed by atoms with Gasteiger partial charge in [0.15, 0.2) is 0 Å². The van der Waals surface area contributed by atoms with E-state index < -0.39 is 6.04 Å². The third kappa shape index (κ3) is 1.78. The molecule has 1 fully saturated rings. The highest BCUT2D eigenvalue weighted by atomic mass is 16.5. The van der Waals surface area contributed by atoms with Gasteiger partial charge >= 0.3 is 5.97 Å². The van der Waals surface area contributed by atoms with E-state index in [0.717, 1.165) is 0 Å². The van der Waals surface area contributed by atoms with Crippen molar-refractivity contribution in [2.45, 2.75) is 12.5 Å². The quantitative estimate of drug-likeness (QED) is 0.699. The Morgan fingerprint density at radius 3 is 2.50 bits per heavy atom. The Kier molecular flexibility index (Phi) is 2.90. The molecule has 0 bridgehead atoms. The highest BCUT2D eigenvalue weighted by molar-refractivity contribution is 5.97. The van der Waals surface area contributed by atoms with Crippen molar-refractivity contribution in [3.05, 3.63) is 35.9 Å². The minimum Gasteiger partial charge on any atom is -0.467 e. The number of carbonyl (C=O) groups is 2. The van der Waals surface area contributed by atoms with Crippen LogP contribution in [0.15, 0.2) is 30.3 Å². The van der Waals surface area contributed by atoms with Crippen molar-refractivity contribution in [3.8, 4) is 0 Å². The lowest BCUT2D eigenvalue weighted by atomic mass is 10.0. The molecule has 1 aliphatic heterocycles. The average Bonchev–Trinajstić information content (AvgIpc) is 2.28. The Balaban J connectivity index is 2.09. The molecule has 1 amide bonds. The van der Waals surface area contributed by atoms with Crippen LogP contribution in [0.2, 0.25) is 0 Å². The lowest BCUT2D eigenvalue weighted by Crippen LogP contribution is -2.55. The van der Waals surface area contributed by atoms with Crippen LogP contribution in [0.5, 0.6) is 0 Å². The van der Waals surface area contributed by atoms with Gasteiger partial charge in [-0.15, -0.1) is 0 Å². The van der Waals surface area contributed by atoms with E-state index in [1.54, 1.807) is 29.2 Å². The highest BCUT2D eigenvalue weighted by Gasteiger charge is 2.38. The maximum absolute atomic E-state index is 12.0. The third-order valence-electron chi connectivity index (χ3n) is 2.77. The largest absolute Gasteiger partial charge is 0.467 e. The molecule has 0 spiro atoms. The summed E-state index contributed by atoms with van der Waals surface area (Å²) >= 11 is 0. The Hall–Kier alpha value is -1.84. The van der Waals surface area contributed by atoms with Gasteiger partial charge in [0.25, 0.3) is 5.91 Å². The van der Waals surface area contributed by atoms with Crippen molar-refractivity contribution < 1.29 is 14.3 Å². The van der Waals surface area contributed by atoms with Crippen LogP contribution < -0.4 is 0 Å². The number of likely N-dealkylation sites (tertiary alicyclic amines) is 1. The van der Waals surface area contributed by atoms with Gasteiger partial charge in [-0.2, -0.15) is 0 Å². The Morgan fingerprint density at radius 2 is 2.00 bits per heavy atom. The van der Waals surface area contributed by atoms with E-state index in [2.05, 4.69) is 4.74 Å². The van der Waals surface area contributed by atoms with Crippen LogP contribution in [-0.2, 0) is 9.53 Å². The van der Waals surface area contributed by atoms with E-state index >= 15 is 0 Å². The number of rotatable bonds is 2. The average molecular weight is 219 g/mol. The zero-order chi connectivity index (χ0) is 11.5. The molecule has 1 atom stereocenters. The molecule has 0 saturated carbocycles. The molecule has 1 aromatic rings. The van der Waals surface area contributed by atoms with Gasteiger partial charge in [0.2, 0.25) is 0 Å². The zero-order valence-electron chi connectivity index (χ0n) is 9.05. The SMILES string of the molecule is COC(=O)[C@H]1CCN1C(=O)c1ccccc1. The van der Waals surface area contributed by atoms with Crippen LogP contribution >= 0.6 is 0 Å². The summed E-state index contributed by atoms with van der Waals surface area (Å²) in [7, 11) is 1.34. The molecule has 0 N–H and O–H groups in total. The first-order valence-electron chi connectivity index (χ1n) is 5.18. The number of ether oxygens (including phenoxy) is 1. The van der Waals surface area contributed by atoms with Gasteiger partial charge in [-0.05, 0) is 18.6 Å². The number of carbonyl (C=O) groups excluding carboxylic acids is 2. The summed E-state index contributed by atoms with van der Waals surface area (Å²) in [5.41, 5.74) is 0.608. The van der Waals surface area contributed by atoms with Gasteiger partial charge in [0.05, 0.1) is 7.11 Å². The zero-order valence-corrected chi connectivity index (χ0v) is 9.05. The van der Waals surface area contributed by atoms with Gasteiger partial charge in [-0.3, -0.25) is 4.79 Å². The lowest BCUT2D eigenvalue weighted by molar-refractivity contribution is -0.149. The predicted octanol–water partition coefficient (Wildman–Crippen LogP) is 1.07. The topological polar surface area (TPSA) is 46.6 Å². The standard InChI is InChI=1S/C12H13NO3/c1-16-12(15)10-7-8-13(10)11(14)9-5-3-2-4-6-9/h2-6,10H,7-8H2,1H3/t10-/m1/s1. The number of hydrogen-bond donors (Lipinski definition) is 0. The summed E-state index contributed by atoms with van der Waals surface area (Å²) in [5.74, 6) is -0.446. The Morgan fingerprint density at radius 1 is 1.31 bits per heavy atom. The molecule has 0 aromatic heterocycles. The van der Waals surface area contributed by atoms with E-state index in [1.807, 2.05) is 6.07 Å². The van der Waals surface area contributed by atoms with Gasteiger partial charge in [0.1, 0.15) is 6.04 Å². The van der Waals surface area contributed by atoms with Gasteiger partial charge in [0, 0.05) is 12.1 Å². The summed E-state index contributed by atoms with van der Waals surface area (Å²) in [4.78, 5) is 24.8. The molecule has 1 heterocycles. The number of hydrogen-bond acceptors (Lipinski definition) is 3. The maximum Gasteiger partial charge on any atom is 0.328 e. The molecule has 0 radical (unpaired) electrons. The molecule has 4 heteroatoms. The van der Waals surface area contributed by atoms with Crippen LogP contribution in [0, 0.1) is 0 Å². The Bertz CT molecular complexity index is 402. The van der Waals surface area contributed by atoms with E-state index in [0.29, 0.717) is 18.5 Å². The molecule has 1 aliphatic rings. The van der Waals surface area contributed by atoms with E-state index in [4.69, 9.17) is 0 Å². The molecule has 84 valence electrons. The third-order valence-corrected chi connectivity index (χ3v) is 2.77. The normalized spacial score (nSPS) is 18.8. The number of methoxy groups -OCH3 is 1. The van der Waals surface area contributed by atoms with Gasteiger partial charge in [-0.1, -0.05) is 18.2 Å². The molecular weight excluding hydrogens is 206 g/mol. The summed E-state index contributed by atoms with van der Waals surface area (Å²) < 4.78 is 4.64. The van der Waals surface area contributed by atoms with Crippen molar-refractivity contribution in [2.24, 2.45) is 0 Å². The van der Waals surface area contributed by atoms with E-state index in [9.17, 15) is 9.59 Å². The second-order valence-electron chi connectivity index (χ2n) is 3.69. The van der Waals surface area contributed by atoms with Crippen molar-refractivity contribution in [3.63, 3.8) is 0 Å². The highest BCUT2D eigenvalue weighted by Crippen LogP contribution is 2.21. The fourth-order valence-corrected chi connectivity index (χ4v) is 1.76. The van der Waals surface area contributed by atoms with E-state index in [1.165, 1.54) is 7.11 Å². The molecule has 2 rings (SSSR count). The molecule has 0 unspecified atom stereocenters. The van der Waals surface area contributed by atoms with Crippen molar-refractivity contribution in [2.75, 3.05) is 13.7 Å². The molecule has 1 aromatic carbocycles. The van der Waals surface area contributed by atoms with Crippen LogP contribution in [-0.4, -0.2) is 36.5 Å². The van der Waals surface area contributed by atoms with Crippen LogP contribution in [0.25, 0.3) is 0 Å². The Labute approximate surface area is 93.8 Å². The second-order valence-corrected chi connectivity index (χ2v) is 3.69. The van der Waals surface area contributed by atoms with Crippen LogP contribution in [0.3, 0.4) is 0 Å². The summed E-state index contributed by atoms with van der Waals surface area (Å²) in [6, 6.07) is 8.55. The number of amides is 1.